The highest BCUT2D eigenvalue weighted by Gasteiger charge is 2.28. The maximum absolute atomic E-state index is 12.6. The summed E-state index contributed by atoms with van der Waals surface area (Å²) in [7, 11) is -3.59. The first-order chi connectivity index (χ1) is 11.8. The fraction of sp³-hybridized carbons (Fsp3) is 0.353. The van der Waals surface area contributed by atoms with Gasteiger partial charge in [0, 0.05) is 16.6 Å². The van der Waals surface area contributed by atoms with Crippen molar-refractivity contribution < 1.29 is 13.2 Å². The fourth-order valence-electron chi connectivity index (χ4n) is 2.45. The Labute approximate surface area is 160 Å². The van der Waals surface area contributed by atoms with E-state index in [-0.39, 0.29) is 22.9 Å². The van der Waals surface area contributed by atoms with E-state index in [1.165, 1.54) is 17.7 Å². The standard InChI is InChI=1S/C17H19BrN2O3S2/c1-11(8-12-6-7-24-10-12)19-17(21)15-9-14(4-5-16(15)18)25(22,23)20-13-2-3-13/h4-7,9-11,13,20H,2-3,8H2,1H3,(H,19,21). The molecule has 1 heterocycles. The smallest absolute Gasteiger partial charge is 0.252 e. The Morgan fingerprint density at radius 2 is 2.12 bits per heavy atom. The second-order valence-electron chi connectivity index (χ2n) is 6.25. The van der Waals surface area contributed by atoms with Crippen LogP contribution < -0.4 is 10.0 Å². The normalized spacial score (nSPS) is 15.8. The minimum absolute atomic E-state index is 0.0246. The zero-order chi connectivity index (χ0) is 18.0. The number of thiophene rings is 1. The first kappa shape index (κ1) is 18.6. The number of hydrogen-bond donors (Lipinski definition) is 2. The van der Waals surface area contributed by atoms with Crippen molar-refractivity contribution >= 4 is 43.2 Å². The second-order valence-corrected chi connectivity index (χ2v) is 9.60. The van der Waals surface area contributed by atoms with Crippen LogP contribution >= 0.6 is 27.3 Å². The molecule has 0 radical (unpaired) electrons. The van der Waals surface area contributed by atoms with Crippen LogP contribution in [0.15, 0.2) is 44.4 Å². The van der Waals surface area contributed by atoms with E-state index in [4.69, 9.17) is 0 Å². The molecule has 2 aromatic rings. The SMILES string of the molecule is CC(Cc1ccsc1)NC(=O)c1cc(S(=O)(=O)NC2CC2)ccc1Br. The van der Waals surface area contributed by atoms with Crippen LogP contribution in [0.4, 0.5) is 0 Å². The second kappa shape index (κ2) is 7.57. The molecular weight excluding hydrogens is 424 g/mol. The summed E-state index contributed by atoms with van der Waals surface area (Å²) in [5.41, 5.74) is 1.48. The molecule has 134 valence electrons. The van der Waals surface area contributed by atoms with E-state index in [0.29, 0.717) is 10.0 Å². The lowest BCUT2D eigenvalue weighted by molar-refractivity contribution is 0.0939. The van der Waals surface area contributed by atoms with Crippen molar-refractivity contribution in [3.8, 4) is 0 Å². The van der Waals surface area contributed by atoms with Crippen molar-refractivity contribution in [1.82, 2.24) is 10.0 Å². The van der Waals surface area contributed by atoms with Crippen LogP contribution in [0, 0.1) is 0 Å². The van der Waals surface area contributed by atoms with E-state index in [0.717, 1.165) is 19.3 Å². The summed E-state index contributed by atoms with van der Waals surface area (Å²) in [5.74, 6) is -0.293. The minimum Gasteiger partial charge on any atom is -0.349 e. The van der Waals surface area contributed by atoms with Gasteiger partial charge in [-0.25, -0.2) is 13.1 Å². The number of carbonyl (C=O) groups excluding carboxylic acids is 1. The number of benzene rings is 1. The van der Waals surface area contributed by atoms with Gasteiger partial charge in [-0.3, -0.25) is 4.79 Å². The number of hydrogen-bond acceptors (Lipinski definition) is 4. The maximum atomic E-state index is 12.6. The molecule has 1 saturated carbocycles. The molecule has 25 heavy (non-hydrogen) atoms. The van der Waals surface area contributed by atoms with Crippen molar-refractivity contribution in [3.63, 3.8) is 0 Å². The fourth-order valence-corrected chi connectivity index (χ4v) is 4.89. The molecular formula is C17H19BrN2O3S2. The van der Waals surface area contributed by atoms with Gasteiger partial charge in [0.25, 0.3) is 5.91 Å². The molecule has 8 heteroatoms. The van der Waals surface area contributed by atoms with Gasteiger partial charge < -0.3 is 5.32 Å². The minimum atomic E-state index is -3.59. The van der Waals surface area contributed by atoms with Gasteiger partial charge in [-0.15, -0.1) is 0 Å². The summed E-state index contributed by atoms with van der Waals surface area (Å²) >= 11 is 4.96. The lowest BCUT2D eigenvalue weighted by atomic mass is 10.1. The van der Waals surface area contributed by atoms with Crippen LogP contribution in [0.1, 0.15) is 35.7 Å². The molecule has 0 aliphatic heterocycles. The third-order valence-electron chi connectivity index (χ3n) is 3.89. The first-order valence-corrected chi connectivity index (χ1v) is 11.2. The van der Waals surface area contributed by atoms with Crippen molar-refractivity contribution in [2.75, 3.05) is 0 Å². The Balaban J connectivity index is 1.74. The molecule has 1 unspecified atom stereocenters. The largest absolute Gasteiger partial charge is 0.349 e. The number of carbonyl (C=O) groups is 1. The quantitative estimate of drug-likeness (QED) is 0.690. The highest BCUT2D eigenvalue weighted by Crippen LogP contribution is 2.25. The molecule has 1 aromatic carbocycles. The summed E-state index contributed by atoms with van der Waals surface area (Å²) in [5, 5.41) is 6.98. The maximum Gasteiger partial charge on any atom is 0.252 e. The summed E-state index contributed by atoms with van der Waals surface area (Å²) < 4.78 is 27.9. The van der Waals surface area contributed by atoms with Crippen LogP contribution in [0.2, 0.25) is 0 Å². The predicted octanol–water partition coefficient (Wildman–Crippen LogP) is 3.31. The van der Waals surface area contributed by atoms with E-state index >= 15 is 0 Å². The Kier molecular flexibility index (Phi) is 5.62. The van der Waals surface area contributed by atoms with Gasteiger partial charge in [0.2, 0.25) is 10.0 Å². The summed E-state index contributed by atoms with van der Waals surface area (Å²) in [6, 6.07) is 6.51. The van der Waals surface area contributed by atoms with Gasteiger partial charge in [0.1, 0.15) is 0 Å². The molecule has 1 aromatic heterocycles. The number of rotatable bonds is 7. The van der Waals surface area contributed by atoms with Crippen LogP contribution in [0.5, 0.6) is 0 Å². The molecule has 5 nitrogen and oxygen atoms in total. The lowest BCUT2D eigenvalue weighted by Crippen LogP contribution is -2.34. The number of nitrogens with one attached hydrogen (secondary N) is 2. The van der Waals surface area contributed by atoms with Crippen LogP contribution in [0.3, 0.4) is 0 Å². The van der Waals surface area contributed by atoms with Crippen molar-refractivity contribution in [3.05, 3.63) is 50.6 Å². The van der Waals surface area contributed by atoms with Crippen molar-refractivity contribution in [2.45, 2.75) is 43.2 Å². The van der Waals surface area contributed by atoms with E-state index in [1.807, 2.05) is 18.4 Å². The van der Waals surface area contributed by atoms with Gasteiger partial charge in [0.05, 0.1) is 10.5 Å². The van der Waals surface area contributed by atoms with E-state index in [2.05, 4.69) is 31.3 Å². The molecule has 0 saturated heterocycles. The third-order valence-corrected chi connectivity index (χ3v) is 6.83. The molecule has 1 amide bonds. The first-order valence-electron chi connectivity index (χ1n) is 7.99. The molecule has 0 bridgehead atoms. The van der Waals surface area contributed by atoms with Crippen molar-refractivity contribution in [1.29, 1.82) is 0 Å². The number of amides is 1. The molecule has 3 rings (SSSR count). The van der Waals surface area contributed by atoms with Crippen LogP contribution in [-0.2, 0) is 16.4 Å². The molecule has 1 aliphatic rings. The predicted molar refractivity (Wildman–Crippen MR) is 102 cm³/mol. The molecule has 1 fully saturated rings. The highest BCUT2D eigenvalue weighted by molar-refractivity contribution is 9.10. The average molecular weight is 443 g/mol. The summed E-state index contributed by atoms with van der Waals surface area (Å²) in [6.07, 6.45) is 2.46. The van der Waals surface area contributed by atoms with Gasteiger partial charge in [-0.1, -0.05) is 0 Å². The van der Waals surface area contributed by atoms with Crippen molar-refractivity contribution in [2.24, 2.45) is 0 Å². The molecule has 1 atom stereocenters. The zero-order valence-electron chi connectivity index (χ0n) is 13.7. The number of sulfonamides is 1. The van der Waals surface area contributed by atoms with Gasteiger partial charge in [-0.2, -0.15) is 11.3 Å². The average Bonchev–Trinajstić information content (AvgIpc) is 3.19. The molecule has 2 N–H and O–H groups in total. The molecule has 0 spiro atoms. The Morgan fingerprint density at radius 1 is 1.36 bits per heavy atom. The monoisotopic (exact) mass is 442 g/mol. The van der Waals surface area contributed by atoms with Gasteiger partial charge >= 0.3 is 0 Å². The Morgan fingerprint density at radius 3 is 2.76 bits per heavy atom. The van der Waals surface area contributed by atoms with Crippen LogP contribution in [0.25, 0.3) is 0 Å². The Hall–Kier alpha value is -1.22. The third kappa shape index (κ3) is 4.91. The van der Waals surface area contributed by atoms with Gasteiger partial charge in [-0.05, 0) is 82.7 Å². The van der Waals surface area contributed by atoms with E-state index in [1.54, 1.807) is 17.4 Å². The Bertz CT molecular complexity index is 862. The van der Waals surface area contributed by atoms with Crippen LogP contribution in [-0.4, -0.2) is 26.4 Å². The summed E-state index contributed by atoms with van der Waals surface area (Å²) in [6.45, 7) is 1.93. The molecule has 1 aliphatic carbocycles. The highest BCUT2D eigenvalue weighted by atomic mass is 79.9. The zero-order valence-corrected chi connectivity index (χ0v) is 16.9. The lowest BCUT2D eigenvalue weighted by Gasteiger charge is -2.15. The summed E-state index contributed by atoms with van der Waals surface area (Å²) in [4.78, 5) is 12.7. The van der Waals surface area contributed by atoms with E-state index in [9.17, 15) is 13.2 Å². The number of halogens is 1. The van der Waals surface area contributed by atoms with Gasteiger partial charge in [0.15, 0.2) is 0 Å². The topological polar surface area (TPSA) is 75.3 Å². The van der Waals surface area contributed by atoms with E-state index < -0.39 is 10.0 Å².